The summed E-state index contributed by atoms with van der Waals surface area (Å²) < 4.78 is 6.24. The minimum Gasteiger partial charge on any atom is -0.338 e. The van der Waals surface area contributed by atoms with Crippen LogP contribution in [0.25, 0.3) is 0 Å². The Kier molecular flexibility index (Phi) is 6.04. The lowest BCUT2D eigenvalue weighted by molar-refractivity contribution is 0.374. The molecule has 0 spiro atoms. The molecule has 132 valence electrons. The molecule has 0 aliphatic heterocycles. The van der Waals surface area contributed by atoms with Gasteiger partial charge in [0.1, 0.15) is 0 Å². The molecule has 6 nitrogen and oxygen atoms in total. The summed E-state index contributed by atoms with van der Waals surface area (Å²) >= 11 is 3.09. The number of nitrogens with zero attached hydrogens (tertiary/aromatic N) is 4. The average Bonchev–Trinajstić information content (AvgIpc) is 3.24. The van der Waals surface area contributed by atoms with Gasteiger partial charge in [0.05, 0.1) is 5.25 Å². The largest absolute Gasteiger partial charge is 0.338 e. The Hall–Kier alpha value is -1.93. The van der Waals surface area contributed by atoms with Gasteiger partial charge in [-0.25, -0.2) is 0 Å². The van der Waals surface area contributed by atoms with Crippen LogP contribution in [0.15, 0.2) is 33.1 Å². The topological polar surface area (TPSA) is 76.7 Å². The molecule has 1 N–H and O–H groups in total. The number of hydrogen-bond donors (Lipinski definition) is 1. The Morgan fingerprint density at radius 1 is 1.24 bits per heavy atom. The van der Waals surface area contributed by atoms with Crippen LogP contribution in [0.4, 0.5) is 10.8 Å². The van der Waals surface area contributed by atoms with Gasteiger partial charge in [0, 0.05) is 12.1 Å². The van der Waals surface area contributed by atoms with Crippen molar-refractivity contribution >= 4 is 33.9 Å². The Labute approximate surface area is 155 Å². The van der Waals surface area contributed by atoms with E-state index in [9.17, 15) is 0 Å². The van der Waals surface area contributed by atoms with Crippen molar-refractivity contribution in [2.45, 2.75) is 49.6 Å². The number of thioether (sulfide) groups is 1. The highest BCUT2D eigenvalue weighted by molar-refractivity contribution is 8.01. The maximum absolute atomic E-state index is 5.37. The maximum Gasteiger partial charge on any atom is 0.239 e. The second-order valence-electron chi connectivity index (χ2n) is 5.78. The minimum absolute atomic E-state index is 0.0445. The summed E-state index contributed by atoms with van der Waals surface area (Å²) in [4.78, 5) is 4.47. The molecule has 0 aliphatic carbocycles. The molecule has 0 saturated heterocycles. The van der Waals surface area contributed by atoms with Crippen molar-refractivity contribution in [3.63, 3.8) is 0 Å². The lowest BCUT2D eigenvalue weighted by Crippen LogP contribution is -1.91. The van der Waals surface area contributed by atoms with E-state index in [0.717, 1.165) is 40.2 Å². The smallest absolute Gasteiger partial charge is 0.239 e. The number of anilines is 2. The van der Waals surface area contributed by atoms with Crippen molar-refractivity contribution in [2.75, 3.05) is 5.32 Å². The molecule has 3 rings (SSSR count). The third-order valence-corrected chi connectivity index (χ3v) is 5.58. The minimum atomic E-state index is 0.0445. The van der Waals surface area contributed by atoms with Crippen LogP contribution in [0.5, 0.6) is 0 Å². The Bertz CT molecular complexity index is 799. The van der Waals surface area contributed by atoms with Gasteiger partial charge in [0.2, 0.25) is 11.0 Å². The summed E-state index contributed by atoms with van der Waals surface area (Å²) in [5.41, 5.74) is 2.23. The molecule has 0 radical (unpaired) electrons. The fourth-order valence-corrected chi connectivity index (χ4v) is 4.09. The van der Waals surface area contributed by atoms with Crippen molar-refractivity contribution in [3.05, 3.63) is 41.5 Å². The van der Waals surface area contributed by atoms with Crippen molar-refractivity contribution in [2.24, 2.45) is 0 Å². The SMILES string of the molecule is CCCCc1noc(C(C)Sc2nnc(Nc3ccc(C)cc3)s2)n1. The van der Waals surface area contributed by atoms with E-state index in [4.69, 9.17) is 4.52 Å². The lowest BCUT2D eigenvalue weighted by Gasteiger charge is -2.02. The highest BCUT2D eigenvalue weighted by Gasteiger charge is 2.18. The van der Waals surface area contributed by atoms with Gasteiger partial charge in [0.25, 0.3) is 0 Å². The first-order valence-corrected chi connectivity index (χ1v) is 10.00. The van der Waals surface area contributed by atoms with E-state index < -0.39 is 0 Å². The summed E-state index contributed by atoms with van der Waals surface area (Å²) in [6, 6.07) is 8.19. The molecule has 1 aromatic carbocycles. The molecule has 3 aromatic rings. The molecular formula is C17H21N5OS2. The molecule has 0 amide bonds. The summed E-state index contributed by atoms with van der Waals surface area (Å²) in [6.07, 6.45) is 3.06. The molecule has 1 unspecified atom stereocenters. The Morgan fingerprint density at radius 3 is 2.80 bits per heavy atom. The molecule has 2 heterocycles. The number of benzene rings is 1. The van der Waals surface area contributed by atoms with Crippen LogP contribution in [0.3, 0.4) is 0 Å². The fraction of sp³-hybridized carbons (Fsp3) is 0.412. The monoisotopic (exact) mass is 375 g/mol. The van der Waals surface area contributed by atoms with Crippen LogP contribution in [-0.2, 0) is 6.42 Å². The third-order valence-electron chi connectivity index (χ3n) is 3.57. The van der Waals surface area contributed by atoms with E-state index >= 15 is 0 Å². The van der Waals surface area contributed by atoms with Gasteiger partial charge in [-0.2, -0.15) is 4.98 Å². The number of nitrogens with one attached hydrogen (secondary N) is 1. The van der Waals surface area contributed by atoms with Crippen molar-refractivity contribution in [3.8, 4) is 0 Å². The summed E-state index contributed by atoms with van der Waals surface area (Å²) in [5.74, 6) is 1.42. The van der Waals surface area contributed by atoms with E-state index in [1.54, 1.807) is 11.8 Å². The zero-order valence-electron chi connectivity index (χ0n) is 14.5. The van der Waals surface area contributed by atoms with Crippen molar-refractivity contribution in [1.29, 1.82) is 0 Å². The Morgan fingerprint density at radius 2 is 2.04 bits per heavy atom. The second-order valence-corrected chi connectivity index (χ2v) is 8.34. The number of unbranched alkanes of at least 4 members (excludes halogenated alkanes) is 1. The van der Waals surface area contributed by atoms with Crippen LogP contribution in [0, 0.1) is 6.92 Å². The van der Waals surface area contributed by atoms with Gasteiger partial charge >= 0.3 is 0 Å². The summed E-state index contributed by atoms with van der Waals surface area (Å²) in [5, 5.41) is 16.6. The van der Waals surface area contributed by atoms with Gasteiger partial charge in [-0.1, -0.05) is 59.3 Å². The Balaban J connectivity index is 1.58. The lowest BCUT2D eigenvalue weighted by atomic mass is 10.2. The highest BCUT2D eigenvalue weighted by Crippen LogP contribution is 2.37. The van der Waals surface area contributed by atoms with Crippen LogP contribution in [0.2, 0.25) is 0 Å². The van der Waals surface area contributed by atoms with Gasteiger partial charge in [-0.05, 0) is 32.4 Å². The number of aryl methyl sites for hydroxylation is 2. The van der Waals surface area contributed by atoms with Gasteiger partial charge < -0.3 is 9.84 Å². The van der Waals surface area contributed by atoms with Crippen molar-refractivity contribution in [1.82, 2.24) is 20.3 Å². The zero-order chi connectivity index (χ0) is 17.6. The number of aromatic nitrogens is 4. The zero-order valence-corrected chi connectivity index (χ0v) is 16.2. The van der Waals surface area contributed by atoms with Gasteiger partial charge in [0.15, 0.2) is 10.2 Å². The number of rotatable bonds is 8. The predicted molar refractivity (Wildman–Crippen MR) is 102 cm³/mol. The van der Waals surface area contributed by atoms with Crippen LogP contribution in [0.1, 0.15) is 49.2 Å². The molecule has 0 bridgehead atoms. The molecule has 1 atom stereocenters. The molecule has 8 heteroatoms. The van der Waals surface area contributed by atoms with E-state index in [1.165, 1.54) is 16.9 Å². The fourth-order valence-electron chi connectivity index (χ4n) is 2.14. The van der Waals surface area contributed by atoms with Crippen LogP contribution >= 0.6 is 23.1 Å². The second kappa shape index (κ2) is 8.44. The molecular weight excluding hydrogens is 354 g/mol. The van der Waals surface area contributed by atoms with Gasteiger partial charge in [-0.3, -0.25) is 0 Å². The summed E-state index contributed by atoms with van der Waals surface area (Å²) in [6.45, 7) is 6.25. The van der Waals surface area contributed by atoms with E-state index in [1.807, 2.05) is 19.1 Å². The molecule has 0 aliphatic rings. The van der Waals surface area contributed by atoms with Gasteiger partial charge in [-0.15, -0.1) is 10.2 Å². The highest BCUT2D eigenvalue weighted by atomic mass is 32.2. The average molecular weight is 376 g/mol. The third kappa shape index (κ3) is 5.02. The first-order valence-electron chi connectivity index (χ1n) is 8.30. The van der Waals surface area contributed by atoms with Crippen LogP contribution in [-0.4, -0.2) is 20.3 Å². The van der Waals surface area contributed by atoms with Crippen LogP contribution < -0.4 is 5.32 Å². The first-order chi connectivity index (χ1) is 12.1. The normalized spacial score (nSPS) is 12.3. The summed E-state index contributed by atoms with van der Waals surface area (Å²) in [7, 11) is 0. The molecule has 0 saturated carbocycles. The van der Waals surface area contributed by atoms with Crippen molar-refractivity contribution < 1.29 is 4.52 Å². The quantitative estimate of drug-likeness (QED) is 0.544. The molecule has 25 heavy (non-hydrogen) atoms. The molecule has 2 aromatic heterocycles. The van der Waals surface area contributed by atoms with E-state index in [2.05, 4.69) is 51.6 Å². The maximum atomic E-state index is 5.37. The number of hydrogen-bond acceptors (Lipinski definition) is 8. The predicted octanol–water partition coefficient (Wildman–Crippen LogP) is 5.17. The van der Waals surface area contributed by atoms with E-state index in [-0.39, 0.29) is 5.25 Å². The first kappa shape index (κ1) is 17.9. The van der Waals surface area contributed by atoms with E-state index in [0.29, 0.717) is 5.89 Å². The standard InChI is InChI=1S/C17H21N5OS2/c1-4-5-6-14-19-15(23-22-14)12(3)24-17-21-20-16(25-17)18-13-9-7-11(2)8-10-13/h7-10,12H,4-6H2,1-3H3,(H,18,20). The molecule has 0 fully saturated rings.